The Kier molecular flexibility index (Phi) is 26.0. The van der Waals surface area contributed by atoms with Gasteiger partial charge in [-0.3, -0.25) is 79.3 Å². The van der Waals surface area contributed by atoms with Crippen LogP contribution in [0.25, 0.3) is 137 Å². The van der Waals surface area contributed by atoms with Gasteiger partial charge in [-0.15, -0.1) is 0 Å². The van der Waals surface area contributed by atoms with Crippen molar-refractivity contribution in [3.63, 3.8) is 0 Å². The molecule has 0 bridgehead atoms. The molecule has 5 aliphatic heterocycles. The van der Waals surface area contributed by atoms with Crippen LogP contribution in [0.4, 0.5) is 41.6 Å². The maximum absolute atomic E-state index is 15.1. The smallest absolute Gasteiger partial charge is 0.280 e. The topological polar surface area (TPSA) is 309 Å². The number of hydrogen-bond acceptors (Lipinski definition) is 20. The van der Waals surface area contributed by atoms with Gasteiger partial charge in [0.1, 0.15) is 17.5 Å². The van der Waals surface area contributed by atoms with Gasteiger partial charge in [0.2, 0.25) is 0 Å². The van der Waals surface area contributed by atoms with Gasteiger partial charge in [-0.2, -0.15) is 0 Å². The van der Waals surface area contributed by atoms with E-state index in [4.69, 9.17) is 14.7 Å². The van der Waals surface area contributed by atoms with Gasteiger partial charge in [0.15, 0.2) is 0 Å². The fourth-order valence-corrected chi connectivity index (χ4v) is 20.2. The number of hydrogen-bond donors (Lipinski definition) is 7. The van der Waals surface area contributed by atoms with Crippen molar-refractivity contribution in [2.45, 2.75) is 59.0 Å². The van der Waals surface area contributed by atoms with Crippen molar-refractivity contribution in [1.29, 1.82) is 0 Å². The highest BCUT2D eigenvalue weighted by molar-refractivity contribution is 6.10. The lowest BCUT2D eigenvalue weighted by Crippen LogP contribution is -2.49. The lowest BCUT2D eigenvalue weighted by atomic mass is 10.0. The van der Waals surface area contributed by atoms with Crippen LogP contribution in [0.5, 0.6) is 0 Å². The molecule has 5 fully saturated rings. The summed E-state index contributed by atoms with van der Waals surface area (Å²) in [6.07, 6.45) is 11.5. The average Bonchev–Trinajstić information content (AvgIpc) is 1.57. The van der Waals surface area contributed by atoms with Gasteiger partial charge in [-0.25, -0.2) is 36.6 Å². The van der Waals surface area contributed by atoms with Gasteiger partial charge in [0.05, 0.1) is 152 Å². The molecule has 0 aliphatic carbocycles. The minimum absolute atomic E-state index is 0.0690. The molecule has 0 radical (unpaired) electrons. The van der Waals surface area contributed by atoms with Crippen molar-refractivity contribution < 1.29 is 17.9 Å². The molecule has 0 atom stereocenters. The Balaban J connectivity index is 0.000000105. The number of nitrogens with zero attached hydrogens (tertiary/aromatic N) is 17. The summed E-state index contributed by atoms with van der Waals surface area (Å²) < 4.78 is 57.8. The Hall–Kier alpha value is -15.8. The normalized spacial score (nSPS) is 15.2. The van der Waals surface area contributed by atoms with Gasteiger partial charge in [0.25, 0.3) is 27.8 Å². The van der Waals surface area contributed by atoms with E-state index in [-0.39, 0.29) is 45.2 Å². The molecule has 0 amide bonds. The number of anilines is 5. The molecule has 25 rings (SSSR count). The molecule has 0 spiro atoms. The summed E-state index contributed by atoms with van der Waals surface area (Å²) in [5.74, 6) is -0.915. The van der Waals surface area contributed by atoms with E-state index in [1.54, 1.807) is 58.5 Å². The number of H-pyrrole nitrogens is 5. The van der Waals surface area contributed by atoms with E-state index in [0.29, 0.717) is 132 Å². The molecular weight excluding hydrogens is 1800 g/mol. The summed E-state index contributed by atoms with van der Waals surface area (Å²) in [7, 11) is 4.32. The van der Waals surface area contributed by atoms with Gasteiger partial charge in [0, 0.05) is 168 Å². The number of halogens is 3. The third-order valence-electron chi connectivity index (χ3n) is 27.8. The molecule has 10 aromatic carbocycles. The molecule has 0 saturated carbocycles. The zero-order valence-electron chi connectivity index (χ0n) is 79.8. The van der Waals surface area contributed by atoms with E-state index in [1.165, 1.54) is 43.4 Å². The summed E-state index contributed by atoms with van der Waals surface area (Å²) in [6, 6.07) is 66.8. The molecule has 20 aromatic rings. The van der Waals surface area contributed by atoms with Crippen LogP contribution >= 0.6 is 0 Å². The van der Waals surface area contributed by atoms with Gasteiger partial charge >= 0.3 is 0 Å². The molecule has 30 nitrogen and oxygen atoms in total. The number of benzene rings is 10. The van der Waals surface area contributed by atoms with Gasteiger partial charge in [-0.1, -0.05) is 91.0 Å². The van der Waals surface area contributed by atoms with Crippen LogP contribution in [-0.4, -0.2) is 228 Å². The standard InChI is InChI=1S/C24H27N5O.C23H24FN5O.C22H23N5O.C20H18FN5O.C20H17FN4O2/c1-16-13-19-22-20(24(30)29(26-22)18-7-5-4-6-8-18)15-25-23(19)21(14-16)28-11-9-17(10-12-28)27(2)3;1-15(2)27-8-10-28(11-9-27)21-13-20-17(12-19(21)24)22-18(14-25-20)23(30)29(26-22)16-6-4-3-5-7-16;1-15-12-17-20-18(22(28)27(25-20)16-6-3-2-4-7-16)14-24-21(17)19(13-15)26-10-5-8-23-9-11-26;21-16-10-14-17(11-18(16)25-8-6-22-7-9-25)23-12-15-19(14)24-26(20(15)27)13-4-2-1-3-5-13;21-16-10-14-17(11-18(16)24-6-8-27-9-7-24)22-12-15-19(14)23-25(20(15)26)13-4-2-1-3-5-13/h4-8,13-15,17,26H,9-12H2,1-3H3;3-7,12-15,26H,8-11H2,1-2H3;2-4,6-7,12-14,23,25H,5,8-11H2,1H3;1-5,10-12,22,24H,6-9H2;1-5,10-12,23H,6-9H2. The van der Waals surface area contributed by atoms with Crippen LogP contribution in [0, 0.1) is 31.3 Å². The Morgan fingerprint density at radius 1 is 0.324 bits per heavy atom. The highest BCUT2D eigenvalue weighted by Gasteiger charge is 2.29. The number of fused-ring (bicyclic) bond motifs is 15. The van der Waals surface area contributed by atoms with Gasteiger partial charge < -0.3 is 44.8 Å². The van der Waals surface area contributed by atoms with E-state index in [2.05, 4.69) is 142 Å². The zero-order valence-corrected chi connectivity index (χ0v) is 79.8. The number of rotatable bonds is 12. The molecular formula is C109H109F3N24O6. The third kappa shape index (κ3) is 18.2. The van der Waals surface area contributed by atoms with Crippen molar-refractivity contribution in [2.24, 2.45) is 0 Å². The fraction of sp³-hybridized carbons (Fsp3) is 0.266. The third-order valence-corrected chi connectivity index (χ3v) is 27.8. The Morgan fingerprint density at radius 2 is 0.620 bits per heavy atom. The largest absolute Gasteiger partial charge is 0.378 e. The van der Waals surface area contributed by atoms with Crippen molar-refractivity contribution in [2.75, 3.05) is 157 Å². The van der Waals surface area contributed by atoms with Crippen molar-refractivity contribution in [1.82, 2.24) is 94.3 Å². The Labute approximate surface area is 812 Å². The summed E-state index contributed by atoms with van der Waals surface area (Å²) in [5.41, 5.74) is 16.7. The van der Waals surface area contributed by atoms with E-state index in [1.807, 2.05) is 161 Å². The van der Waals surface area contributed by atoms with E-state index < -0.39 is 0 Å². The number of nitrogens with one attached hydrogen (secondary N) is 7. The minimum atomic E-state index is -0.327. The average molecular weight is 1910 g/mol. The van der Waals surface area contributed by atoms with Crippen molar-refractivity contribution in [3.8, 4) is 28.4 Å². The molecule has 5 saturated heterocycles. The van der Waals surface area contributed by atoms with Crippen LogP contribution in [0.1, 0.15) is 44.2 Å². The van der Waals surface area contributed by atoms with Gasteiger partial charge in [-0.05, 0) is 200 Å². The summed E-state index contributed by atoms with van der Waals surface area (Å²) in [5, 5.41) is 29.1. The fourth-order valence-electron chi connectivity index (χ4n) is 20.2. The number of para-hydroxylation sites is 5. The predicted octanol–water partition coefficient (Wildman–Crippen LogP) is 15.5. The first-order valence-electron chi connectivity index (χ1n) is 48.4. The Morgan fingerprint density at radius 3 is 0.951 bits per heavy atom. The summed E-state index contributed by atoms with van der Waals surface area (Å²) in [6.45, 7) is 23.6. The molecule has 142 heavy (non-hydrogen) atoms. The minimum Gasteiger partial charge on any atom is -0.378 e. The highest BCUT2D eigenvalue weighted by atomic mass is 19.1. The number of aryl methyl sites for hydroxylation is 2. The molecule has 15 heterocycles. The van der Waals surface area contributed by atoms with E-state index in [0.717, 1.165) is 184 Å². The lowest BCUT2D eigenvalue weighted by Gasteiger charge is -2.38. The first-order chi connectivity index (χ1) is 69.2. The maximum atomic E-state index is 15.1. The molecule has 33 heteroatoms. The molecule has 0 unspecified atom stereocenters. The monoisotopic (exact) mass is 1910 g/mol. The predicted molar refractivity (Wildman–Crippen MR) is 561 cm³/mol. The molecule has 722 valence electrons. The Bertz CT molecular complexity index is 8200. The number of aromatic nitrogens is 15. The van der Waals surface area contributed by atoms with E-state index >= 15 is 4.39 Å². The lowest BCUT2D eigenvalue weighted by molar-refractivity contribution is 0.122. The van der Waals surface area contributed by atoms with Crippen LogP contribution in [0.2, 0.25) is 0 Å². The van der Waals surface area contributed by atoms with Crippen LogP contribution in [0.3, 0.4) is 0 Å². The first kappa shape index (κ1) is 92.5. The summed E-state index contributed by atoms with van der Waals surface area (Å²) in [4.78, 5) is 103. The zero-order chi connectivity index (χ0) is 97.5. The van der Waals surface area contributed by atoms with Crippen LogP contribution in [-0.2, 0) is 4.74 Å². The summed E-state index contributed by atoms with van der Waals surface area (Å²) >= 11 is 0. The second-order valence-corrected chi connectivity index (χ2v) is 37.2. The van der Waals surface area contributed by atoms with Crippen molar-refractivity contribution in [3.05, 3.63) is 324 Å². The number of piperazine rings is 2. The first-order valence-corrected chi connectivity index (χ1v) is 48.4. The molecule has 5 aliphatic rings. The quantitative estimate of drug-likeness (QED) is 0.0598. The maximum Gasteiger partial charge on any atom is 0.280 e. The number of morpholine rings is 1. The molecule has 10 aromatic heterocycles. The second kappa shape index (κ2) is 39.8. The second-order valence-electron chi connectivity index (χ2n) is 37.2. The number of piperidine rings is 1. The molecule has 7 N–H and O–H groups in total. The van der Waals surface area contributed by atoms with Crippen molar-refractivity contribution >= 4 is 137 Å². The number of pyridine rings is 5. The SMILES string of the molecule is CC(C)N1CCN(c2cc3ncc4c(=O)n(-c5ccccc5)[nH]c4c3cc2F)CC1.Cc1cc(N2CCC(N(C)C)CC2)c2ncc3c(=O)n(-c4ccccc4)[nH]c3c2c1.Cc1cc(N2CCCNCC2)c2ncc3c(=O)n(-c4ccccc4)[nH]c3c2c1.O=c1c2cnc3cc(N4CCNCC4)c(F)cc3c2[nH]n1-c1ccccc1.O=c1c2cnc3cc(N4CCOCC4)c(F)cc3c2[nH]n1-c1ccccc1. The number of aromatic amines is 5. The highest BCUT2D eigenvalue weighted by Crippen LogP contribution is 2.38. The van der Waals surface area contributed by atoms with E-state index in [9.17, 15) is 32.8 Å². The van der Waals surface area contributed by atoms with Crippen LogP contribution < -0.4 is 62.9 Å². The van der Waals surface area contributed by atoms with Crippen LogP contribution in [0.15, 0.2) is 267 Å². The number of ether oxygens (including phenoxy) is 1.